The molecule has 0 amide bonds. The van der Waals surface area contributed by atoms with E-state index in [1.807, 2.05) is 0 Å². The molecule has 2 aliphatic heterocycles. The van der Waals surface area contributed by atoms with E-state index in [4.69, 9.17) is 4.74 Å². The Morgan fingerprint density at radius 2 is 1.95 bits per heavy atom. The van der Waals surface area contributed by atoms with Crippen LogP contribution in [0.25, 0.3) is 0 Å². The van der Waals surface area contributed by atoms with E-state index in [9.17, 15) is 0 Å². The van der Waals surface area contributed by atoms with Gasteiger partial charge in [0.1, 0.15) is 12.1 Å². The van der Waals surface area contributed by atoms with Crippen LogP contribution in [0, 0.1) is 11.8 Å². The van der Waals surface area contributed by atoms with Crippen LogP contribution in [0.3, 0.4) is 0 Å². The fourth-order valence-corrected chi connectivity index (χ4v) is 3.51. The van der Waals surface area contributed by atoms with Crippen LogP contribution < -0.4 is 4.90 Å². The van der Waals surface area contributed by atoms with Crippen molar-refractivity contribution in [1.29, 1.82) is 0 Å². The summed E-state index contributed by atoms with van der Waals surface area (Å²) in [5, 5.41) is 0. The van der Waals surface area contributed by atoms with E-state index in [2.05, 4.69) is 39.5 Å². The second-order valence-electron chi connectivity index (χ2n) is 7.23. The SMILES string of the molecule is C[C@H]1CCCC[NH+]1CC#C[C@]1(C)CCCC(C)(C)O1. The molecule has 0 aliphatic carbocycles. The Balaban J connectivity index is 1.91. The second kappa shape index (κ2) is 5.85. The number of rotatable bonds is 1. The number of ether oxygens (including phenoxy) is 1. The summed E-state index contributed by atoms with van der Waals surface area (Å²) in [6.45, 7) is 11.2. The lowest BCUT2D eigenvalue weighted by Gasteiger charge is -2.40. The lowest BCUT2D eigenvalue weighted by Crippen LogP contribution is -3.16. The zero-order valence-corrected chi connectivity index (χ0v) is 13.1. The molecule has 2 fully saturated rings. The molecule has 0 radical (unpaired) electrons. The maximum atomic E-state index is 6.19. The fraction of sp³-hybridized carbons (Fsp3) is 0.882. The number of nitrogens with one attached hydrogen (secondary N) is 1. The summed E-state index contributed by atoms with van der Waals surface area (Å²) in [4.78, 5) is 1.66. The van der Waals surface area contributed by atoms with Crippen LogP contribution in [0.1, 0.15) is 66.2 Å². The molecule has 2 aliphatic rings. The maximum Gasteiger partial charge on any atom is 0.139 e. The summed E-state index contributed by atoms with van der Waals surface area (Å²) >= 11 is 0. The van der Waals surface area contributed by atoms with Crippen molar-refractivity contribution in [3.8, 4) is 11.8 Å². The maximum absolute atomic E-state index is 6.19. The van der Waals surface area contributed by atoms with Gasteiger partial charge in [-0.2, -0.15) is 0 Å². The largest absolute Gasteiger partial charge is 0.357 e. The Kier molecular flexibility index (Phi) is 4.58. The van der Waals surface area contributed by atoms with Gasteiger partial charge >= 0.3 is 0 Å². The van der Waals surface area contributed by atoms with Crippen molar-refractivity contribution in [2.24, 2.45) is 0 Å². The highest BCUT2D eigenvalue weighted by molar-refractivity contribution is 5.14. The quantitative estimate of drug-likeness (QED) is 0.717. The van der Waals surface area contributed by atoms with Crippen molar-refractivity contribution in [3.05, 3.63) is 0 Å². The molecule has 0 aromatic heterocycles. The fourth-order valence-electron chi connectivity index (χ4n) is 3.51. The van der Waals surface area contributed by atoms with Crippen molar-refractivity contribution in [2.45, 2.75) is 83.5 Å². The predicted octanol–water partition coefficient (Wildman–Crippen LogP) is 2.18. The molecule has 2 rings (SSSR count). The number of piperidine rings is 1. The standard InChI is InChI=1S/C17H29NO/c1-15-9-5-6-13-18(15)14-8-12-17(4)11-7-10-16(2,3)19-17/h15H,5-7,9-11,13-14H2,1-4H3/p+1/t15-,17-/m0/s1. The van der Waals surface area contributed by atoms with Crippen molar-refractivity contribution in [1.82, 2.24) is 0 Å². The Hall–Kier alpha value is -0.520. The number of quaternary nitrogens is 1. The summed E-state index contributed by atoms with van der Waals surface area (Å²) in [5.74, 6) is 6.85. The molecule has 1 N–H and O–H groups in total. The van der Waals surface area contributed by atoms with E-state index in [1.54, 1.807) is 4.90 Å². The Morgan fingerprint density at radius 1 is 1.16 bits per heavy atom. The van der Waals surface area contributed by atoms with Gasteiger partial charge in [0, 0.05) is 0 Å². The first-order chi connectivity index (χ1) is 8.90. The lowest BCUT2D eigenvalue weighted by atomic mass is 9.88. The van der Waals surface area contributed by atoms with Gasteiger partial charge in [0.15, 0.2) is 0 Å². The van der Waals surface area contributed by atoms with Crippen LogP contribution in [0.15, 0.2) is 0 Å². The molecule has 2 nitrogen and oxygen atoms in total. The van der Waals surface area contributed by atoms with Gasteiger partial charge in [-0.25, -0.2) is 0 Å². The van der Waals surface area contributed by atoms with Crippen LogP contribution >= 0.6 is 0 Å². The molecular formula is C17H30NO+. The first kappa shape index (κ1) is 14.9. The van der Waals surface area contributed by atoms with Crippen LogP contribution in [0.4, 0.5) is 0 Å². The predicted molar refractivity (Wildman–Crippen MR) is 79.2 cm³/mol. The molecule has 2 heterocycles. The Morgan fingerprint density at radius 3 is 2.63 bits per heavy atom. The van der Waals surface area contributed by atoms with Gasteiger partial charge < -0.3 is 9.64 Å². The van der Waals surface area contributed by atoms with E-state index >= 15 is 0 Å². The Labute approximate surface area is 118 Å². The topological polar surface area (TPSA) is 13.7 Å². The van der Waals surface area contributed by atoms with Crippen LogP contribution in [-0.4, -0.2) is 30.3 Å². The van der Waals surface area contributed by atoms with Crippen molar-refractivity contribution < 1.29 is 9.64 Å². The molecule has 0 spiro atoms. The van der Waals surface area contributed by atoms with Gasteiger partial charge in [-0.15, -0.1) is 0 Å². The molecule has 0 saturated carbocycles. The summed E-state index contributed by atoms with van der Waals surface area (Å²) in [6, 6.07) is 0.777. The van der Waals surface area contributed by atoms with E-state index < -0.39 is 0 Å². The lowest BCUT2D eigenvalue weighted by molar-refractivity contribution is -0.921. The van der Waals surface area contributed by atoms with Crippen LogP contribution in [-0.2, 0) is 4.74 Å². The van der Waals surface area contributed by atoms with Gasteiger partial charge in [-0.3, -0.25) is 0 Å². The summed E-state index contributed by atoms with van der Waals surface area (Å²) in [5.41, 5.74) is -0.229. The zero-order chi connectivity index (χ0) is 13.9. The van der Waals surface area contributed by atoms with Crippen molar-refractivity contribution >= 4 is 0 Å². The average molecular weight is 264 g/mol. The second-order valence-corrected chi connectivity index (χ2v) is 7.23. The molecule has 1 unspecified atom stereocenters. The van der Waals surface area contributed by atoms with Gasteiger partial charge in [-0.1, -0.05) is 5.92 Å². The monoisotopic (exact) mass is 264 g/mol. The van der Waals surface area contributed by atoms with E-state index in [-0.39, 0.29) is 11.2 Å². The molecule has 0 bridgehead atoms. The third kappa shape index (κ3) is 4.23. The third-order valence-electron chi connectivity index (χ3n) is 4.68. The van der Waals surface area contributed by atoms with Crippen molar-refractivity contribution in [2.75, 3.05) is 13.1 Å². The van der Waals surface area contributed by atoms with E-state index in [0.717, 1.165) is 25.4 Å². The number of hydrogen-bond acceptors (Lipinski definition) is 1. The zero-order valence-electron chi connectivity index (χ0n) is 13.1. The third-order valence-corrected chi connectivity index (χ3v) is 4.68. The molecule has 0 aromatic rings. The highest BCUT2D eigenvalue weighted by Gasteiger charge is 2.36. The van der Waals surface area contributed by atoms with Gasteiger partial charge in [-0.05, 0) is 72.1 Å². The number of hydrogen-bond donors (Lipinski definition) is 1. The van der Waals surface area contributed by atoms with Crippen LogP contribution in [0.5, 0.6) is 0 Å². The molecule has 0 aromatic carbocycles. The van der Waals surface area contributed by atoms with Gasteiger partial charge in [0.05, 0.1) is 18.2 Å². The van der Waals surface area contributed by atoms with Gasteiger partial charge in [0.2, 0.25) is 0 Å². The normalized spacial score (nSPS) is 38.3. The summed E-state index contributed by atoms with van der Waals surface area (Å²) in [6.07, 6.45) is 7.57. The molecule has 2 heteroatoms. The number of likely N-dealkylation sites (tertiary alicyclic amines) is 1. The van der Waals surface area contributed by atoms with Crippen molar-refractivity contribution in [3.63, 3.8) is 0 Å². The summed E-state index contributed by atoms with van der Waals surface area (Å²) < 4.78 is 6.19. The Bertz CT molecular complexity index is 365. The first-order valence-corrected chi connectivity index (χ1v) is 7.95. The minimum Gasteiger partial charge on any atom is -0.357 e. The molecule has 19 heavy (non-hydrogen) atoms. The van der Waals surface area contributed by atoms with Gasteiger partial charge in [0.25, 0.3) is 0 Å². The smallest absolute Gasteiger partial charge is 0.139 e. The summed E-state index contributed by atoms with van der Waals surface area (Å²) in [7, 11) is 0. The molecule has 108 valence electrons. The van der Waals surface area contributed by atoms with Crippen LogP contribution in [0.2, 0.25) is 0 Å². The molecular weight excluding hydrogens is 234 g/mol. The highest BCUT2D eigenvalue weighted by Crippen LogP contribution is 2.34. The highest BCUT2D eigenvalue weighted by atomic mass is 16.5. The minimum absolute atomic E-state index is 0.00699. The van der Waals surface area contributed by atoms with E-state index in [1.165, 1.54) is 32.2 Å². The average Bonchev–Trinajstić information content (AvgIpc) is 2.30. The molecule has 2 saturated heterocycles. The van der Waals surface area contributed by atoms with E-state index in [0.29, 0.717) is 0 Å². The minimum atomic E-state index is -0.222. The molecule has 3 atom stereocenters. The first-order valence-electron chi connectivity index (χ1n) is 7.95.